The third-order valence-electron chi connectivity index (χ3n) is 3.31. The summed E-state index contributed by atoms with van der Waals surface area (Å²) in [7, 11) is 1.61. The van der Waals surface area contributed by atoms with Crippen molar-refractivity contribution in [3.8, 4) is 11.8 Å². The Morgan fingerprint density at radius 2 is 1.91 bits per heavy atom. The molecule has 0 amide bonds. The molecule has 0 saturated heterocycles. The summed E-state index contributed by atoms with van der Waals surface area (Å²) in [6, 6.07) is 15.6. The molecule has 116 valence electrons. The van der Waals surface area contributed by atoms with Crippen molar-refractivity contribution in [1.29, 1.82) is 5.26 Å². The first-order valence-corrected chi connectivity index (χ1v) is 7.40. The van der Waals surface area contributed by atoms with E-state index in [-0.39, 0.29) is 12.4 Å². The van der Waals surface area contributed by atoms with Gasteiger partial charge in [0.25, 0.3) is 0 Å². The molecule has 23 heavy (non-hydrogen) atoms. The number of rotatable bonds is 3. The van der Waals surface area contributed by atoms with Gasteiger partial charge in [-0.3, -0.25) is 4.98 Å². The minimum absolute atomic E-state index is 0. The monoisotopic (exact) mass is 389 g/mol. The largest absolute Gasteiger partial charge is 0.494 e. The Morgan fingerprint density at radius 3 is 2.57 bits per heavy atom. The second-order valence-corrected chi connectivity index (χ2v) is 5.56. The van der Waals surface area contributed by atoms with Crippen LogP contribution < -0.4 is 10.1 Å². The van der Waals surface area contributed by atoms with E-state index in [1.807, 2.05) is 42.5 Å². The molecule has 0 spiro atoms. The number of methoxy groups -OCH3 is 1. The second-order valence-electron chi connectivity index (χ2n) is 4.65. The Balaban J connectivity index is 0.00000192. The van der Waals surface area contributed by atoms with Gasteiger partial charge in [0.1, 0.15) is 17.3 Å². The minimum Gasteiger partial charge on any atom is -0.494 e. The Morgan fingerprint density at radius 1 is 1.17 bits per heavy atom. The lowest BCUT2D eigenvalue weighted by Gasteiger charge is -2.13. The molecule has 3 rings (SSSR count). The average Bonchev–Trinajstić information content (AvgIpc) is 2.56. The quantitative estimate of drug-likeness (QED) is 0.680. The first-order chi connectivity index (χ1) is 10.7. The zero-order chi connectivity index (χ0) is 15.5. The highest BCUT2D eigenvalue weighted by atomic mass is 79.9. The van der Waals surface area contributed by atoms with Crippen molar-refractivity contribution in [2.45, 2.75) is 0 Å². The van der Waals surface area contributed by atoms with Crippen LogP contribution in [0.1, 0.15) is 5.56 Å². The van der Waals surface area contributed by atoms with E-state index in [0.717, 1.165) is 26.8 Å². The second kappa shape index (κ2) is 7.32. The SMILES string of the molecule is COc1cccc2c(Nc3ccc(Br)cc3)c(C#N)cnc12.Cl. The molecule has 0 aliphatic heterocycles. The molecule has 6 heteroatoms. The number of aromatic nitrogens is 1. The van der Waals surface area contributed by atoms with E-state index in [4.69, 9.17) is 4.74 Å². The third-order valence-corrected chi connectivity index (χ3v) is 3.84. The average molecular weight is 391 g/mol. The molecule has 1 heterocycles. The Bertz CT molecular complexity index is 875. The molecular weight excluding hydrogens is 378 g/mol. The Labute approximate surface area is 148 Å². The number of hydrogen-bond donors (Lipinski definition) is 1. The van der Waals surface area contributed by atoms with Gasteiger partial charge in [-0.15, -0.1) is 12.4 Å². The summed E-state index contributed by atoms with van der Waals surface area (Å²) >= 11 is 3.41. The topological polar surface area (TPSA) is 57.9 Å². The predicted molar refractivity (Wildman–Crippen MR) is 97.7 cm³/mol. The maximum atomic E-state index is 9.36. The summed E-state index contributed by atoms with van der Waals surface area (Å²) in [4.78, 5) is 4.34. The Kier molecular flexibility index (Phi) is 5.43. The summed E-state index contributed by atoms with van der Waals surface area (Å²) in [5, 5.41) is 13.5. The van der Waals surface area contributed by atoms with Crippen molar-refractivity contribution in [2.75, 3.05) is 12.4 Å². The zero-order valence-electron chi connectivity index (χ0n) is 12.2. The molecule has 0 unspecified atom stereocenters. The standard InChI is InChI=1S/C17H12BrN3O.ClH/c1-22-15-4-2-3-14-16(11(9-19)10-20-17(14)15)21-13-7-5-12(18)6-8-13;/h2-8,10H,1H3,(H,20,21);1H. The third kappa shape index (κ3) is 3.39. The summed E-state index contributed by atoms with van der Waals surface area (Å²) in [6.07, 6.45) is 1.56. The van der Waals surface area contributed by atoms with Crippen LogP contribution in [-0.2, 0) is 0 Å². The fourth-order valence-corrected chi connectivity index (χ4v) is 2.52. The van der Waals surface area contributed by atoms with Crippen LogP contribution in [0.15, 0.2) is 53.1 Å². The molecule has 3 aromatic rings. The van der Waals surface area contributed by atoms with Gasteiger partial charge in [-0.05, 0) is 30.3 Å². The lowest BCUT2D eigenvalue weighted by molar-refractivity contribution is 0.419. The highest BCUT2D eigenvalue weighted by Crippen LogP contribution is 2.33. The molecule has 2 aromatic carbocycles. The van der Waals surface area contributed by atoms with E-state index in [9.17, 15) is 5.26 Å². The highest BCUT2D eigenvalue weighted by Gasteiger charge is 2.12. The lowest BCUT2D eigenvalue weighted by atomic mass is 10.1. The number of pyridine rings is 1. The number of anilines is 2. The molecule has 1 aromatic heterocycles. The molecule has 0 fully saturated rings. The first kappa shape index (κ1) is 17.1. The van der Waals surface area contributed by atoms with Gasteiger partial charge >= 0.3 is 0 Å². The van der Waals surface area contributed by atoms with Gasteiger partial charge in [-0.1, -0.05) is 28.1 Å². The van der Waals surface area contributed by atoms with Crippen molar-refractivity contribution >= 4 is 50.6 Å². The van der Waals surface area contributed by atoms with Crippen molar-refractivity contribution in [1.82, 2.24) is 4.98 Å². The number of nitrogens with one attached hydrogen (secondary N) is 1. The zero-order valence-corrected chi connectivity index (χ0v) is 14.6. The summed E-state index contributed by atoms with van der Waals surface area (Å²) in [5.74, 6) is 0.681. The van der Waals surface area contributed by atoms with Gasteiger partial charge in [0.2, 0.25) is 0 Å². The summed E-state index contributed by atoms with van der Waals surface area (Å²) < 4.78 is 6.34. The number of nitrogens with zero attached hydrogens (tertiary/aromatic N) is 2. The smallest absolute Gasteiger partial charge is 0.145 e. The maximum absolute atomic E-state index is 9.36. The van der Waals surface area contributed by atoms with Crippen molar-refractivity contribution in [3.63, 3.8) is 0 Å². The molecule has 0 aliphatic carbocycles. The number of ether oxygens (including phenoxy) is 1. The van der Waals surface area contributed by atoms with E-state index in [1.165, 1.54) is 0 Å². The van der Waals surface area contributed by atoms with Crippen molar-refractivity contribution < 1.29 is 4.74 Å². The van der Waals surface area contributed by atoms with Crippen LogP contribution >= 0.6 is 28.3 Å². The number of hydrogen-bond acceptors (Lipinski definition) is 4. The highest BCUT2D eigenvalue weighted by molar-refractivity contribution is 9.10. The molecule has 0 aliphatic rings. The van der Waals surface area contributed by atoms with Gasteiger partial charge in [0.05, 0.1) is 18.4 Å². The van der Waals surface area contributed by atoms with Crippen molar-refractivity contribution in [2.24, 2.45) is 0 Å². The van der Waals surface area contributed by atoms with Gasteiger partial charge in [0, 0.05) is 21.7 Å². The van der Waals surface area contributed by atoms with Crippen LogP contribution in [0.2, 0.25) is 0 Å². The lowest BCUT2D eigenvalue weighted by Crippen LogP contribution is -1.97. The molecular formula is C17H13BrClN3O. The number of para-hydroxylation sites is 1. The van der Waals surface area contributed by atoms with Gasteiger partial charge < -0.3 is 10.1 Å². The van der Waals surface area contributed by atoms with E-state index >= 15 is 0 Å². The normalized spacial score (nSPS) is 9.78. The van der Waals surface area contributed by atoms with E-state index in [0.29, 0.717) is 11.3 Å². The molecule has 0 saturated carbocycles. The van der Waals surface area contributed by atoms with E-state index in [2.05, 4.69) is 32.3 Å². The Hall–Kier alpha value is -2.29. The molecule has 1 N–H and O–H groups in total. The molecule has 0 atom stereocenters. The maximum Gasteiger partial charge on any atom is 0.145 e. The van der Waals surface area contributed by atoms with E-state index < -0.39 is 0 Å². The molecule has 4 nitrogen and oxygen atoms in total. The van der Waals surface area contributed by atoms with Gasteiger partial charge in [0.15, 0.2) is 0 Å². The minimum atomic E-state index is 0. The number of benzene rings is 2. The van der Waals surface area contributed by atoms with Crippen LogP contribution in [-0.4, -0.2) is 12.1 Å². The number of halogens is 2. The van der Waals surface area contributed by atoms with Gasteiger partial charge in [-0.25, -0.2) is 0 Å². The van der Waals surface area contributed by atoms with Crippen LogP contribution in [0.25, 0.3) is 10.9 Å². The summed E-state index contributed by atoms with van der Waals surface area (Å²) in [6.45, 7) is 0. The first-order valence-electron chi connectivity index (χ1n) is 6.61. The predicted octanol–water partition coefficient (Wildman–Crippen LogP) is 5.04. The number of nitriles is 1. The summed E-state index contributed by atoms with van der Waals surface area (Å²) in [5.41, 5.74) is 2.84. The fourth-order valence-electron chi connectivity index (χ4n) is 2.26. The fraction of sp³-hybridized carbons (Fsp3) is 0.0588. The van der Waals surface area contributed by atoms with Gasteiger partial charge in [-0.2, -0.15) is 5.26 Å². The molecule has 0 radical (unpaired) electrons. The van der Waals surface area contributed by atoms with Crippen molar-refractivity contribution in [3.05, 3.63) is 58.7 Å². The van der Waals surface area contributed by atoms with Crippen LogP contribution in [0, 0.1) is 11.3 Å². The van der Waals surface area contributed by atoms with E-state index in [1.54, 1.807) is 13.3 Å². The van der Waals surface area contributed by atoms with Crippen LogP contribution in [0.3, 0.4) is 0 Å². The molecule has 0 bridgehead atoms. The van der Waals surface area contributed by atoms with Crippen LogP contribution in [0.4, 0.5) is 11.4 Å². The van der Waals surface area contributed by atoms with Crippen LogP contribution in [0.5, 0.6) is 5.75 Å². The number of fused-ring (bicyclic) bond motifs is 1.